The molecule has 0 aliphatic carbocycles. The highest BCUT2D eigenvalue weighted by Crippen LogP contribution is 2.17. The number of ether oxygens (including phenoxy) is 1. The number of hydrogen-bond acceptors (Lipinski definition) is 6. The van der Waals surface area contributed by atoms with E-state index >= 15 is 0 Å². The van der Waals surface area contributed by atoms with Gasteiger partial charge in [-0.2, -0.15) is 0 Å². The maximum Gasteiger partial charge on any atom is 0.254 e. The molecule has 2 aromatic rings. The third-order valence-electron chi connectivity index (χ3n) is 4.37. The fourth-order valence-corrected chi connectivity index (χ4v) is 3.58. The van der Waals surface area contributed by atoms with Gasteiger partial charge in [0.25, 0.3) is 5.91 Å². The van der Waals surface area contributed by atoms with Crippen LogP contribution in [0.1, 0.15) is 16.2 Å². The van der Waals surface area contributed by atoms with Crippen LogP contribution in [0.2, 0.25) is 0 Å². The molecular formula is C18H22FN5O3S. The van der Waals surface area contributed by atoms with Crippen molar-refractivity contribution in [2.45, 2.75) is 11.6 Å². The van der Waals surface area contributed by atoms with Crippen molar-refractivity contribution in [3.8, 4) is 0 Å². The van der Waals surface area contributed by atoms with Crippen LogP contribution >= 0.6 is 11.8 Å². The molecule has 3 rings (SSSR count). The molecule has 1 N–H and O–H groups in total. The molecule has 0 bridgehead atoms. The molecule has 150 valence electrons. The van der Waals surface area contributed by atoms with Crippen LogP contribution in [0, 0.1) is 5.82 Å². The van der Waals surface area contributed by atoms with E-state index in [1.165, 1.54) is 30.0 Å². The molecule has 10 heteroatoms. The van der Waals surface area contributed by atoms with Crippen molar-refractivity contribution in [2.75, 3.05) is 38.6 Å². The maximum atomic E-state index is 13.6. The lowest BCUT2D eigenvalue weighted by atomic mass is 10.2. The van der Waals surface area contributed by atoms with Crippen LogP contribution in [0.5, 0.6) is 0 Å². The third kappa shape index (κ3) is 5.08. The van der Waals surface area contributed by atoms with Gasteiger partial charge in [-0.3, -0.25) is 9.59 Å². The quantitative estimate of drug-likeness (QED) is 0.686. The van der Waals surface area contributed by atoms with Crippen molar-refractivity contribution < 1.29 is 18.7 Å². The number of halogens is 1. The Morgan fingerprint density at radius 2 is 2.00 bits per heavy atom. The molecule has 0 spiro atoms. The molecule has 28 heavy (non-hydrogen) atoms. The second-order valence-corrected chi connectivity index (χ2v) is 7.17. The summed E-state index contributed by atoms with van der Waals surface area (Å²) in [5, 5.41) is 11.5. The van der Waals surface area contributed by atoms with Crippen LogP contribution in [-0.2, 0) is 23.0 Å². The Morgan fingerprint density at radius 1 is 1.25 bits per heavy atom. The smallest absolute Gasteiger partial charge is 0.254 e. The summed E-state index contributed by atoms with van der Waals surface area (Å²) in [4.78, 5) is 26.0. The van der Waals surface area contributed by atoms with Crippen LogP contribution in [0.4, 0.5) is 4.39 Å². The van der Waals surface area contributed by atoms with E-state index in [0.717, 1.165) is 0 Å². The molecule has 1 aliphatic heterocycles. The highest BCUT2D eigenvalue weighted by Gasteiger charge is 2.18. The summed E-state index contributed by atoms with van der Waals surface area (Å²) < 4.78 is 20.7. The number of amides is 2. The van der Waals surface area contributed by atoms with Gasteiger partial charge in [0.15, 0.2) is 5.16 Å². The number of benzene rings is 1. The van der Waals surface area contributed by atoms with E-state index in [-0.39, 0.29) is 17.2 Å². The molecular weight excluding hydrogens is 385 g/mol. The van der Waals surface area contributed by atoms with E-state index in [4.69, 9.17) is 4.74 Å². The Kier molecular flexibility index (Phi) is 6.99. The van der Waals surface area contributed by atoms with E-state index in [1.54, 1.807) is 15.5 Å². The molecule has 1 saturated heterocycles. The predicted molar refractivity (Wildman–Crippen MR) is 102 cm³/mol. The van der Waals surface area contributed by atoms with Gasteiger partial charge in [-0.05, 0) is 12.1 Å². The van der Waals surface area contributed by atoms with E-state index < -0.39 is 11.7 Å². The summed E-state index contributed by atoms with van der Waals surface area (Å²) in [7, 11) is 1.82. The van der Waals surface area contributed by atoms with Gasteiger partial charge in [-0.25, -0.2) is 4.39 Å². The van der Waals surface area contributed by atoms with Gasteiger partial charge in [0.1, 0.15) is 11.6 Å². The van der Waals surface area contributed by atoms with Gasteiger partial charge in [-0.15, -0.1) is 10.2 Å². The number of rotatable bonds is 7. The van der Waals surface area contributed by atoms with Crippen LogP contribution in [0.3, 0.4) is 0 Å². The number of carbonyl (C=O) groups is 2. The zero-order chi connectivity index (χ0) is 19.9. The Hall–Kier alpha value is -2.46. The van der Waals surface area contributed by atoms with Crippen molar-refractivity contribution in [3.05, 3.63) is 41.5 Å². The zero-order valence-corrected chi connectivity index (χ0v) is 16.4. The number of nitrogens with zero attached hydrogens (tertiary/aromatic N) is 4. The number of thioether (sulfide) groups is 1. The second kappa shape index (κ2) is 9.65. The maximum absolute atomic E-state index is 13.6. The first kappa shape index (κ1) is 20.3. The molecule has 8 nitrogen and oxygen atoms in total. The molecule has 0 unspecified atom stereocenters. The van der Waals surface area contributed by atoms with Crippen LogP contribution in [-0.4, -0.2) is 70.1 Å². The van der Waals surface area contributed by atoms with E-state index in [1.807, 2.05) is 7.05 Å². The van der Waals surface area contributed by atoms with E-state index in [2.05, 4.69) is 15.5 Å². The van der Waals surface area contributed by atoms with Gasteiger partial charge < -0.3 is 19.5 Å². The molecule has 2 heterocycles. The molecule has 0 radical (unpaired) electrons. The topological polar surface area (TPSA) is 89.3 Å². The number of morpholine rings is 1. The normalized spacial score (nSPS) is 14.1. The number of carbonyl (C=O) groups excluding carboxylic acids is 2. The molecule has 1 aromatic carbocycles. The van der Waals surface area contributed by atoms with Gasteiger partial charge in [0.2, 0.25) is 5.91 Å². The first-order valence-corrected chi connectivity index (χ1v) is 9.94. The SMILES string of the molecule is Cn1c(CCNC(=O)c2ccccc2F)nnc1SCC(=O)N1CCOCC1. The standard InChI is InChI=1S/C18H22FN5O3S/c1-23-15(6-7-20-17(26)13-4-2-3-5-14(13)19)21-22-18(23)28-12-16(25)24-8-10-27-11-9-24/h2-5H,6-12H2,1H3,(H,20,26). The largest absolute Gasteiger partial charge is 0.378 e. The summed E-state index contributed by atoms with van der Waals surface area (Å²) >= 11 is 1.33. The highest BCUT2D eigenvalue weighted by atomic mass is 32.2. The number of nitrogens with one attached hydrogen (secondary N) is 1. The lowest BCUT2D eigenvalue weighted by Crippen LogP contribution is -2.41. The average molecular weight is 407 g/mol. The van der Waals surface area contributed by atoms with E-state index in [0.29, 0.717) is 50.2 Å². The summed E-state index contributed by atoms with van der Waals surface area (Å²) in [6.07, 6.45) is 0.446. The summed E-state index contributed by atoms with van der Waals surface area (Å²) in [5.41, 5.74) is 0.0123. The average Bonchev–Trinajstić information content (AvgIpc) is 3.06. The predicted octanol–water partition coefficient (Wildman–Crippen LogP) is 0.878. The van der Waals surface area contributed by atoms with Crippen molar-refractivity contribution >= 4 is 23.6 Å². The lowest BCUT2D eigenvalue weighted by molar-refractivity contribution is -0.132. The number of hydrogen-bond donors (Lipinski definition) is 1. The molecule has 1 aromatic heterocycles. The molecule has 1 aliphatic rings. The van der Waals surface area contributed by atoms with Crippen molar-refractivity contribution in [3.63, 3.8) is 0 Å². The monoisotopic (exact) mass is 407 g/mol. The zero-order valence-electron chi connectivity index (χ0n) is 15.6. The number of aromatic nitrogens is 3. The minimum Gasteiger partial charge on any atom is -0.378 e. The minimum absolute atomic E-state index is 0.0123. The first-order valence-electron chi connectivity index (χ1n) is 8.95. The van der Waals surface area contributed by atoms with Crippen molar-refractivity contribution in [1.82, 2.24) is 25.0 Å². The summed E-state index contributed by atoms with van der Waals surface area (Å²) in [6, 6.07) is 5.84. The summed E-state index contributed by atoms with van der Waals surface area (Å²) in [6.45, 7) is 2.68. The van der Waals surface area contributed by atoms with Gasteiger partial charge in [-0.1, -0.05) is 23.9 Å². The van der Waals surface area contributed by atoms with Gasteiger partial charge >= 0.3 is 0 Å². The Balaban J connectivity index is 1.47. The van der Waals surface area contributed by atoms with Crippen molar-refractivity contribution in [2.24, 2.45) is 7.05 Å². The Bertz CT molecular complexity index is 838. The Labute approximate surface area is 166 Å². The fourth-order valence-electron chi connectivity index (χ4n) is 2.75. The molecule has 0 atom stereocenters. The Morgan fingerprint density at radius 3 is 2.75 bits per heavy atom. The van der Waals surface area contributed by atoms with Crippen molar-refractivity contribution in [1.29, 1.82) is 0 Å². The third-order valence-corrected chi connectivity index (χ3v) is 5.37. The van der Waals surface area contributed by atoms with Gasteiger partial charge in [0.05, 0.1) is 24.5 Å². The van der Waals surface area contributed by atoms with Crippen LogP contribution in [0.25, 0.3) is 0 Å². The van der Waals surface area contributed by atoms with E-state index in [9.17, 15) is 14.0 Å². The molecule has 0 saturated carbocycles. The highest BCUT2D eigenvalue weighted by molar-refractivity contribution is 7.99. The molecule has 2 amide bonds. The summed E-state index contributed by atoms with van der Waals surface area (Å²) in [5.74, 6) is -0.00545. The van der Waals surface area contributed by atoms with Gasteiger partial charge in [0, 0.05) is 33.1 Å². The lowest BCUT2D eigenvalue weighted by Gasteiger charge is -2.26. The minimum atomic E-state index is -0.553. The second-order valence-electron chi connectivity index (χ2n) is 6.23. The van der Waals surface area contributed by atoms with Crippen LogP contribution in [0.15, 0.2) is 29.4 Å². The molecule has 1 fully saturated rings. The first-order chi connectivity index (χ1) is 13.6. The fraction of sp³-hybridized carbons (Fsp3) is 0.444. The van der Waals surface area contributed by atoms with Crippen LogP contribution < -0.4 is 5.32 Å².